The summed E-state index contributed by atoms with van der Waals surface area (Å²) in [4.78, 5) is 0. The number of rotatable bonds is 2. The highest BCUT2D eigenvalue weighted by molar-refractivity contribution is 7.45. The van der Waals surface area contributed by atoms with Crippen LogP contribution in [0.5, 0.6) is 0 Å². The number of aryl methyl sites for hydroxylation is 1. The molecule has 0 amide bonds. The minimum absolute atomic E-state index is 0.665. The molecule has 1 heterocycles. The van der Waals surface area contributed by atoms with Crippen molar-refractivity contribution in [1.29, 1.82) is 0 Å². The summed E-state index contributed by atoms with van der Waals surface area (Å²) < 4.78 is 2.10. The van der Waals surface area contributed by atoms with Crippen LogP contribution in [-0.2, 0) is 0 Å². The van der Waals surface area contributed by atoms with E-state index in [2.05, 4.69) is 54.3 Å². The van der Waals surface area contributed by atoms with Crippen molar-refractivity contribution in [2.24, 2.45) is 5.92 Å². The van der Waals surface area contributed by atoms with Gasteiger partial charge in [-0.15, -0.1) is 10.2 Å². The normalized spacial score (nSPS) is 10.8. The Labute approximate surface area is 111 Å². The van der Waals surface area contributed by atoms with Crippen LogP contribution in [0, 0.1) is 12.8 Å². The molecule has 0 bridgehead atoms. The van der Waals surface area contributed by atoms with E-state index in [-0.39, 0.29) is 0 Å². The van der Waals surface area contributed by atoms with Gasteiger partial charge in [-0.05, 0) is 31.6 Å². The zero-order valence-corrected chi connectivity index (χ0v) is 12.8. The monoisotopic (exact) mass is 263 g/mol. The van der Waals surface area contributed by atoms with Crippen LogP contribution < -0.4 is 5.57 Å². The van der Waals surface area contributed by atoms with Crippen LogP contribution >= 0.6 is 8.58 Å². The lowest BCUT2D eigenvalue weighted by Gasteiger charge is -2.06. The lowest BCUT2D eigenvalue weighted by molar-refractivity contribution is 0.737. The molecule has 1 aromatic heterocycles. The maximum absolute atomic E-state index is 4.14. The van der Waals surface area contributed by atoms with Crippen molar-refractivity contribution in [3.05, 3.63) is 36.2 Å². The van der Waals surface area contributed by atoms with Gasteiger partial charge in [0.2, 0.25) is 0 Å². The van der Waals surface area contributed by atoms with Crippen molar-refractivity contribution in [2.45, 2.75) is 27.7 Å². The highest BCUT2D eigenvalue weighted by atomic mass is 31.1. The third kappa shape index (κ3) is 4.23. The molecule has 3 nitrogen and oxygen atoms in total. The Hall–Kier alpha value is -1.21. The second-order valence-electron chi connectivity index (χ2n) is 4.72. The number of hydrogen-bond donors (Lipinski definition) is 0. The molecule has 4 heteroatoms. The Morgan fingerprint density at radius 2 is 1.61 bits per heavy atom. The Kier molecular flexibility index (Phi) is 6.00. The number of benzene rings is 1. The van der Waals surface area contributed by atoms with Gasteiger partial charge in [0.1, 0.15) is 5.82 Å². The highest BCUT2D eigenvalue weighted by Crippen LogP contribution is 2.11. The average molecular weight is 263 g/mol. The van der Waals surface area contributed by atoms with E-state index in [1.807, 2.05) is 25.1 Å². The van der Waals surface area contributed by atoms with Crippen LogP contribution in [0.25, 0.3) is 5.69 Å². The Bertz CT molecular complexity index is 460. The topological polar surface area (TPSA) is 30.7 Å². The highest BCUT2D eigenvalue weighted by Gasteiger charge is 2.07. The third-order valence-electron chi connectivity index (χ3n) is 2.06. The van der Waals surface area contributed by atoms with Gasteiger partial charge >= 0.3 is 0 Å². The smallest absolute Gasteiger partial charge is 0.156 e. The molecule has 0 aliphatic carbocycles. The van der Waals surface area contributed by atoms with E-state index in [1.165, 1.54) is 0 Å². The lowest BCUT2D eigenvalue weighted by Crippen LogP contribution is -2.12. The van der Waals surface area contributed by atoms with Crippen molar-refractivity contribution >= 4 is 14.1 Å². The molecule has 0 aliphatic heterocycles. The summed E-state index contributed by atoms with van der Waals surface area (Å²) >= 11 is 0. The van der Waals surface area contributed by atoms with Crippen molar-refractivity contribution < 1.29 is 0 Å². The fraction of sp³-hybridized carbons (Fsp3) is 0.429. The molecule has 2 aromatic rings. The van der Waals surface area contributed by atoms with Crippen LogP contribution in [0.4, 0.5) is 0 Å². The van der Waals surface area contributed by atoms with Crippen molar-refractivity contribution in [2.75, 3.05) is 6.66 Å². The molecule has 0 saturated carbocycles. The van der Waals surface area contributed by atoms with E-state index in [0.717, 1.165) is 23.0 Å². The summed E-state index contributed by atoms with van der Waals surface area (Å²) in [5.41, 5.74) is 2.17. The van der Waals surface area contributed by atoms with Gasteiger partial charge in [-0.3, -0.25) is 4.57 Å². The van der Waals surface area contributed by atoms with Gasteiger partial charge in [-0.1, -0.05) is 47.6 Å². The molecular formula is C14H22N3P. The van der Waals surface area contributed by atoms with Gasteiger partial charge in [0, 0.05) is 5.69 Å². The quantitative estimate of drug-likeness (QED) is 0.779. The summed E-state index contributed by atoms with van der Waals surface area (Å²) in [7, 11) is 0.665. The molecule has 18 heavy (non-hydrogen) atoms. The van der Waals surface area contributed by atoms with Gasteiger partial charge < -0.3 is 0 Å². The Morgan fingerprint density at radius 3 is 2.11 bits per heavy atom. The predicted octanol–water partition coefficient (Wildman–Crippen LogP) is 3.17. The minimum atomic E-state index is 0.665. The van der Waals surface area contributed by atoms with Crippen LogP contribution in [0.3, 0.4) is 0 Å². The van der Waals surface area contributed by atoms with Crippen molar-refractivity contribution in [1.82, 2.24) is 14.8 Å². The SMILES string of the molecule is CC(C)C.CPc1nnc(C)n1-c1ccccc1. The van der Waals surface area contributed by atoms with E-state index < -0.39 is 0 Å². The molecule has 98 valence electrons. The molecule has 0 N–H and O–H groups in total. The third-order valence-corrected chi connectivity index (χ3v) is 2.83. The maximum Gasteiger partial charge on any atom is 0.156 e. The number of hydrogen-bond acceptors (Lipinski definition) is 2. The summed E-state index contributed by atoms with van der Waals surface area (Å²) in [6.07, 6.45) is 0. The van der Waals surface area contributed by atoms with Gasteiger partial charge in [-0.2, -0.15) is 0 Å². The summed E-state index contributed by atoms with van der Waals surface area (Å²) in [5.74, 6) is 1.78. The fourth-order valence-corrected chi connectivity index (χ4v) is 2.07. The number of aromatic nitrogens is 3. The first-order chi connectivity index (χ1) is 8.56. The first-order valence-electron chi connectivity index (χ1n) is 6.21. The average Bonchev–Trinajstić information content (AvgIpc) is 2.71. The van der Waals surface area contributed by atoms with E-state index in [4.69, 9.17) is 0 Å². The second kappa shape index (κ2) is 7.27. The Morgan fingerprint density at radius 1 is 1.06 bits per heavy atom. The van der Waals surface area contributed by atoms with E-state index in [1.54, 1.807) is 0 Å². The first-order valence-corrected chi connectivity index (χ1v) is 7.71. The second-order valence-corrected chi connectivity index (χ2v) is 5.67. The van der Waals surface area contributed by atoms with Crippen molar-refractivity contribution in [3.8, 4) is 5.69 Å². The fourth-order valence-electron chi connectivity index (χ4n) is 1.41. The van der Waals surface area contributed by atoms with Crippen LogP contribution in [0.2, 0.25) is 0 Å². The van der Waals surface area contributed by atoms with E-state index in [0.29, 0.717) is 8.58 Å². The van der Waals surface area contributed by atoms with Gasteiger partial charge in [0.25, 0.3) is 0 Å². The van der Waals surface area contributed by atoms with Gasteiger partial charge in [-0.25, -0.2) is 0 Å². The maximum atomic E-state index is 4.14. The molecular weight excluding hydrogens is 241 g/mol. The number of nitrogens with zero attached hydrogens (tertiary/aromatic N) is 3. The molecule has 2 rings (SSSR count). The van der Waals surface area contributed by atoms with Crippen molar-refractivity contribution in [3.63, 3.8) is 0 Å². The molecule has 0 aliphatic rings. The number of para-hydroxylation sites is 1. The summed E-state index contributed by atoms with van der Waals surface area (Å²) in [6.45, 7) is 10.6. The molecule has 0 radical (unpaired) electrons. The van der Waals surface area contributed by atoms with Gasteiger partial charge in [0.15, 0.2) is 5.57 Å². The molecule has 0 saturated heterocycles. The van der Waals surface area contributed by atoms with Crippen LogP contribution in [-0.4, -0.2) is 21.4 Å². The zero-order chi connectivity index (χ0) is 13.5. The summed E-state index contributed by atoms with van der Waals surface area (Å²) in [5, 5.41) is 8.22. The largest absolute Gasteiger partial charge is 0.280 e. The van der Waals surface area contributed by atoms with Gasteiger partial charge in [0.05, 0.1) is 0 Å². The summed E-state index contributed by atoms with van der Waals surface area (Å²) in [6, 6.07) is 10.2. The van der Waals surface area contributed by atoms with E-state index >= 15 is 0 Å². The molecule has 1 aromatic carbocycles. The standard InChI is InChI=1S/C10H12N3P.C4H10/c1-8-11-12-10(14-2)13(8)9-6-4-3-5-7-9;1-4(2)3/h3-7,14H,1-2H3;4H,1-3H3. The Balaban J connectivity index is 0.000000357. The van der Waals surface area contributed by atoms with E-state index in [9.17, 15) is 0 Å². The predicted molar refractivity (Wildman–Crippen MR) is 80.5 cm³/mol. The van der Waals surface area contributed by atoms with Crippen LogP contribution in [0.15, 0.2) is 30.3 Å². The molecule has 0 spiro atoms. The van der Waals surface area contributed by atoms with Crippen LogP contribution in [0.1, 0.15) is 26.6 Å². The zero-order valence-electron chi connectivity index (χ0n) is 11.8. The molecule has 1 unspecified atom stereocenters. The lowest BCUT2D eigenvalue weighted by atomic mass is 10.3. The molecule has 0 fully saturated rings. The minimum Gasteiger partial charge on any atom is -0.280 e. The first kappa shape index (κ1) is 14.8. The molecule has 1 atom stereocenters.